The fourth-order valence-corrected chi connectivity index (χ4v) is 2.17. The van der Waals surface area contributed by atoms with E-state index < -0.39 is 0 Å². The van der Waals surface area contributed by atoms with Crippen LogP contribution in [-0.2, 0) is 9.47 Å². The van der Waals surface area contributed by atoms with E-state index in [-0.39, 0.29) is 0 Å². The first kappa shape index (κ1) is 6.62. The summed E-state index contributed by atoms with van der Waals surface area (Å²) in [5.41, 5.74) is 0. The van der Waals surface area contributed by atoms with Gasteiger partial charge >= 0.3 is 0 Å². The molecule has 1 aliphatic carbocycles. The van der Waals surface area contributed by atoms with Gasteiger partial charge in [0.2, 0.25) is 0 Å². The number of hydrogen-bond donors (Lipinski definition) is 0. The SMILES string of the molecule is CO[C@H]1CO[C@@H]2CCC[C@H]12. The lowest BCUT2D eigenvalue weighted by Crippen LogP contribution is -2.20. The average molecular weight is 142 g/mol. The van der Waals surface area contributed by atoms with Gasteiger partial charge in [0.1, 0.15) is 0 Å². The van der Waals surface area contributed by atoms with Crippen molar-refractivity contribution in [1.82, 2.24) is 0 Å². The molecule has 0 aromatic rings. The Balaban J connectivity index is 2.01. The van der Waals surface area contributed by atoms with E-state index in [0.717, 1.165) is 6.61 Å². The van der Waals surface area contributed by atoms with Crippen LogP contribution in [0, 0.1) is 5.92 Å². The van der Waals surface area contributed by atoms with E-state index in [4.69, 9.17) is 9.47 Å². The summed E-state index contributed by atoms with van der Waals surface area (Å²) in [6, 6.07) is 0. The van der Waals surface area contributed by atoms with Crippen molar-refractivity contribution in [1.29, 1.82) is 0 Å². The molecule has 2 fully saturated rings. The van der Waals surface area contributed by atoms with Crippen molar-refractivity contribution in [2.24, 2.45) is 5.92 Å². The van der Waals surface area contributed by atoms with E-state index >= 15 is 0 Å². The zero-order valence-electron chi connectivity index (χ0n) is 6.38. The molecule has 0 bridgehead atoms. The zero-order chi connectivity index (χ0) is 6.97. The predicted molar refractivity (Wildman–Crippen MR) is 37.9 cm³/mol. The van der Waals surface area contributed by atoms with E-state index in [1.165, 1.54) is 19.3 Å². The summed E-state index contributed by atoms with van der Waals surface area (Å²) >= 11 is 0. The largest absolute Gasteiger partial charge is 0.379 e. The van der Waals surface area contributed by atoms with E-state index in [9.17, 15) is 0 Å². The number of methoxy groups -OCH3 is 1. The summed E-state index contributed by atoms with van der Waals surface area (Å²) in [4.78, 5) is 0. The van der Waals surface area contributed by atoms with E-state index in [2.05, 4.69) is 0 Å². The Morgan fingerprint density at radius 3 is 3.10 bits per heavy atom. The molecule has 0 amide bonds. The molecule has 1 saturated carbocycles. The smallest absolute Gasteiger partial charge is 0.0857 e. The van der Waals surface area contributed by atoms with E-state index in [1.807, 2.05) is 0 Å². The first-order valence-electron chi connectivity index (χ1n) is 4.06. The maximum absolute atomic E-state index is 5.56. The van der Waals surface area contributed by atoms with Crippen molar-refractivity contribution < 1.29 is 9.47 Å². The highest BCUT2D eigenvalue weighted by atomic mass is 16.5. The summed E-state index contributed by atoms with van der Waals surface area (Å²) in [7, 11) is 1.79. The van der Waals surface area contributed by atoms with Gasteiger partial charge in [-0.1, -0.05) is 6.42 Å². The second-order valence-electron chi connectivity index (χ2n) is 3.24. The Morgan fingerprint density at radius 1 is 1.40 bits per heavy atom. The van der Waals surface area contributed by atoms with Gasteiger partial charge in [-0.05, 0) is 12.8 Å². The second-order valence-corrected chi connectivity index (χ2v) is 3.24. The van der Waals surface area contributed by atoms with Crippen LogP contribution in [0.1, 0.15) is 19.3 Å². The third-order valence-electron chi connectivity index (χ3n) is 2.76. The molecule has 0 unspecified atom stereocenters. The van der Waals surface area contributed by atoms with Crippen LogP contribution in [-0.4, -0.2) is 25.9 Å². The molecule has 2 nitrogen and oxygen atoms in total. The lowest BCUT2D eigenvalue weighted by molar-refractivity contribution is 0.0580. The first-order chi connectivity index (χ1) is 4.92. The maximum Gasteiger partial charge on any atom is 0.0857 e. The Morgan fingerprint density at radius 2 is 2.30 bits per heavy atom. The van der Waals surface area contributed by atoms with Gasteiger partial charge in [-0.3, -0.25) is 0 Å². The zero-order valence-corrected chi connectivity index (χ0v) is 6.38. The predicted octanol–water partition coefficient (Wildman–Crippen LogP) is 1.20. The van der Waals surface area contributed by atoms with Gasteiger partial charge in [-0.2, -0.15) is 0 Å². The van der Waals surface area contributed by atoms with Crippen molar-refractivity contribution in [3.8, 4) is 0 Å². The molecule has 0 aromatic heterocycles. The molecule has 3 atom stereocenters. The van der Waals surface area contributed by atoms with Gasteiger partial charge in [0.25, 0.3) is 0 Å². The molecule has 1 aliphatic heterocycles. The van der Waals surface area contributed by atoms with Crippen molar-refractivity contribution in [2.45, 2.75) is 31.5 Å². The third kappa shape index (κ3) is 0.867. The number of rotatable bonds is 1. The summed E-state index contributed by atoms with van der Waals surface area (Å²) in [5, 5.41) is 0. The molecule has 2 aliphatic rings. The summed E-state index contributed by atoms with van der Waals surface area (Å²) < 4.78 is 10.9. The number of hydrogen-bond acceptors (Lipinski definition) is 2. The van der Waals surface area contributed by atoms with Gasteiger partial charge in [0, 0.05) is 13.0 Å². The molecule has 58 valence electrons. The quantitative estimate of drug-likeness (QED) is 0.547. The lowest BCUT2D eigenvalue weighted by Gasteiger charge is -2.12. The summed E-state index contributed by atoms with van der Waals surface area (Å²) in [6.45, 7) is 0.825. The molecule has 10 heavy (non-hydrogen) atoms. The van der Waals surface area contributed by atoms with Crippen LogP contribution in [0.3, 0.4) is 0 Å². The van der Waals surface area contributed by atoms with Gasteiger partial charge in [0.05, 0.1) is 18.8 Å². The average Bonchev–Trinajstić information content (AvgIpc) is 2.44. The molecule has 0 aromatic carbocycles. The van der Waals surface area contributed by atoms with Gasteiger partial charge in [0.15, 0.2) is 0 Å². The minimum Gasteiger partial charge on any atom is -0.379 e. The molecular weight excluding hydrogens is 128 g/mol. The Kier molecular flexibility index (Phi) is 1.66. The highest BCUT2D eigenvalue weighted by Crippen LogP contribution is 2.36. The molecule has 0 spiro atoms. The van der Waals surface area contributed by atoms with Crippen LogP contribution >= 0.6 is 0 Å². The van der Waals surface area contributed by atoms with Crippen LogP contribution in [0.5, 0.6) is 0 Å². The molecule has 2 rings (SSSR count). The Labute approximate surface area is 61.5 Å². The maximum atomic E-state index is 5.56. The van der Waals surface area contributed by atoms with Crippen LogP contribution in [0.15, 0.2) is 0 Å². The van der Waals surface area contributed by atoms with E-state index in [0.29, 0.717) is 18.1 Å². The molecule has 0 radical (unpaired) electrons. The highest BCUT2D eigenvalue weighted by Gasteiger charge is 2.40. The minimum absolute atomic E-state index is 0.396. The van der Waals surface area contributed by atoms with Crippen LogP contribution in [0.4, 0.5) is 0 Å². The molecule has 0 N–H and O–H groups in total. The molecule has 1 heterocycles. The molecular formula is C8H14O2. The van der Waals surface area contributed by atoms with Gasteiger partial charge < -0.3 is 9.47 Å². The molecule has 1 saturated heterocycles. The topological polar surface area (TPSA) is 18.5 Å². The second kappa shape index (κ2) is 2.51. The monoisotopic (exact) mass is 142 g/mol. The highest BCUT2D eigenvalue weighted by molar-refractivity contribution is 4.89. The van der Waals surface area contributed by atoms with Crippen molar-refractivity contribution in [3.63, 3.8) is 0 Å². The van der Waals surface area contributed by atoms with Gasteiger partial charge in [-0.25, -0.2) is 0 Å². The van der Waals surface area contributed by atoms with Crippen LogP contribution in [0.25, 0.3) is 0 Å². The van der Waals surface area contributed by atoms with Crippen molar-refractivity contribution in [3.05, 3.63) is 0 Å². The minimum atomic E-state index is 0.396. The fourth-order valence-electron chi connectivity index (χ4n) is 2.17. The van der Waals surface area contributed by atoms with Gasteiger partial charge in [-0.15, -0.1) is 0 Å². The number of ether oxygens (including phenoxy) is 2. The number of fused-ring (bicyclic) bond motifs is 1. The molecule has 2 heteroatoms. The lowest BCUT2D eigenvalue weighted by atomic mass is 10.0. The third-order valence-corrected chi connectivity index (χ3v) is 2.76. The van der Waals surface area contributed by atoms with Crippen LogP contribution in [0.2, 0.25) is 0 Å². The first-order valence-corrected chi connectivity index (χ1v) is 4.06. The Bertz CT molecular complexity index is 124. The van der Waals surface area contributed by atoms with Crippen molar-refractivity contribution in [2.75, 3.05) is 13.7 Å². The standard InChI is InChI=1S/C8H14O2/c1-9-8-5-10-7-4-2-3-6(7)8/h6-8H,2-5H2,1H3/t6-,7+,8-/m0/s1. The van der Waals surface area contributed by atoms with E-state index in [1.54, 1.807) is 7.11 Å². The Hall–Kier alpha value is -0.0800. The summed E-state index contributed by atoms with van der Waals surface area (Å²) in [5.74, 6) is 0.713. The summed E-state index contributed by atoms with van der Waals surface area (Å²) in [6.07, 6.45) is 4.82. The normalized spacial score (nSPS) is 45.9. The van der Waals surface area contributed by atoms with Crippen molar-refractivity contribution >= 4 is 0 Å². The fraction of sp³-hybridized carbons (Fsp3) is 1.00. The van der Waals surface area contributed by atoms with Crippen LogP contribution < -0.4 is 0 Å².